The highest BCUT2D eigenvalue weighted by Gasteiger charge is 2.30. The summed E-state index contributed by atoms with van der Waals surface area (Å²) in [4.78, 5) is 35.4. The second-order valence-corrected chi connectivity index (χ2v) is 6.86. The van der Waals surface area contributed by atoms with Gasteiger partial charge in [0.1, 0.15) is 5.75 Å². The highest BCUT2D eigenvalue weighted by Crippen LogP contribution is 2.20. The van der Waals surface area contributed by atoms with Crippen LogP contribution in [0.15, 0.2) is 48.5 Å². The van der Waals surface area contributed by atoms with E-state index in [4.69, 9.17) is 0 Å². The molecule has 2 N–H and O–H groups in total. The van der Waals surface area contributed by atoms with Crippen molar-refractivity contribution in [1.29, 1.82) is 0 Å². The minimum absolute atomic E-state index is 0.0514. The van der Waals surface area contributed by atoms with Gasteiger partial charge in [0.2, 0.25) is 11.8 Å². The molecule has 2 aromatic carbocycles. The van der Waals surface area contributed by atoms with Gasteiger partial charge in [-0.3, -0.25) is 19.7 Å². The molecule has 0 aliphatic carbocycles. The molecule has 0 aromatic heterocycles. The van der Waals surface area contributed by atoms with Gasteiger partial charge in [-0.2, -0.15) is 8.78 Å². The van der Waals surface area contributed by atoms with Crippen molar-refractivity contribution in [3.63, 3.8) is 0 Å². The number of halogens is 2. The Morgan fingerprint density at radius 1 is 1.14 bits per heavy atom. The number of ether oxygens (including phenoxy) is 1. The molecule has 0 radical (unpaired) electrons. The van der Waals surface area contributed by atoms with Gasteiger partial charge in [0.25, 0.3) is 5.91 Å². The molecule has 6 nitrogen and oxygen atoms in total. The zero-order valence-corrected chi connectivity index (χ0v) is 15.7. The Bertz CT molecular complexity index is 898. The number of hydrogen-bond acceptors (Lipinski definition) is 4. The third-order valence-corrected chi connectivity index (χ3v) is 4.72. The van der Waals surface area contributed by atoms with Gasteiger partial charge in [-0.05, 0) is 48.7 Å². The highest BCUT2D eigenvalue weighted by atomic mass is 19.3. The molecule has 29 heavy (non-hydrogen) atoms. The molecule has 0 saturated carbocycles. The molecule has 0 bridgehead atoms. The fourth-order valence-electron chi connectivity index (χ4n) is 3.15. The fourth-order valence-corrected chi connectivity index (χ4v) is 3.15. The Kier molecular flexibility index (Phi) is 6.21. The highest BCUT2D eigenvalue weighted by molar-refractivity contribution is 6.03. The van der Waals surface area contributed by atoms with Crippen LogP contribution < -0.4 is 15.4 Å². The number of carbonyl (C=O) groups is 3. The molecule has 1 heterocycles. The molecule has 1 aliphatic heterocycles. The van der Waals surface area contributed by atoms with Crippen LogP contribution in [0.2, 0.25) is 0 Å². The van der Waals surface area contributed by atoms with Crippen LogP contribution in [-0.4, -0.2) is 24.3 Å². The molecule has 1 fully saturated rings. The van der Waals surface area contributed by atoms with Crippen LogP contribution in [0.4, 0.5) is 8.78 Å². The Morgan fingerprint density at radius 3 is 2.34 bits per heavy atom. The van der Waals surface area contributed by atoms with E-state index < -0.39 is 6.61 Å². The van der Waals surface area contributed by atoms with Crippen molar-refractivity contribution in [3.05, 3.63) is 65.2 Å². The first-order chi connectivity index (χ1) is 13.8. The zero-order chi connectivity index (χ0) is 21.0. The number of rotatable bonds is 7. The van der Waals surface area contributed by atoms with Gasteiger partial charge in [0, 0.05) is 12.0 Å². The summed E-state index contributed by atoms with van der Waals surface area (Å²) in [7, 11) is 0. The van der Waals surface area contributed by atoms with Gasteiger partial charge in [-0.1, -0.05) is 24.3 Å². The molecule has 3 amide bonds. The van der Waals surface area contributed by atoms with Gasteiger partial charge in [0.15, 0.2) is 0 Å². The maximum Gasteiger partial charge on any atom is 0.387 e. The van der Waals surface area contributed by atoms with Gasteiger partial charge >= 0.3 is 6.61 Å². The van der Waals surface area contributed by atoms with Crippen molar-refractivity contribution in [1.82, 2.24) is 10.6 Å². The number of alkyl halides is 2. The summed E-state index contributed by atoms with van der Waals surface area (Å²) in [5.74, 6) is -1.14. The average molecular weight is 402 g/mol. The standard InChI is InChI=1S/C21H20F2N2O4/c1-12(14-6-8-17(9-7-14)29-21(22)23)24-19(27)15-4-2-13(3-5-15)10-16-11-18(26)25-20(16)28/h2-9,12,16,21H,10-11H2,1H3,(H,24,27)(H,25,26,28). The lowest BCUT2D eigenvalue weighted by molar-refractivity contribution is -0.125. The van der Waals surface area contributed by atoms with E-state index in [0.717, 1.165) is 11.1 Å². The van der Waals surface area contributed by atoms with E-state index in [-0.39, 0.29) is 41.9 Å². The topological polar surface area (TPSA) is 84.5 Å². The smallest absolute Gasteiger partial charge is 0.387 e. The molecule has 0 spiro atoms. The molecular weight excluding hydrogens is 382 g/mol. The molecule has 1 saturated heterocycles. The molecule has 2 aromatic rings. The van der Waals surface area contributed by atoms with Crippen molar-refractivity contribution >= 4 is 17.7 Å². The number of nitrogens with one attached hydrogen (secondary N) is 2. The van der Waals surface area contributed by atoms with Gasteiger partial charge in [0.05, 0.1) is 12.0 Å². The lowest BCUT2D eigenvalue weighted by atomic mass is 9.97. The number of hydrogen-bond donors (Lipinski definition) is 2. The summed E-state index contributed by atoms with van der Waals surface area (Å²) in [6, 6.07) is 12.6. The number of imide groups is 1. The average Bonchev–Trinajstić information content (AvgIpc) is 2.99. The van der Waals surface area contributed by atoms with Crippen molar-refractivity contribution in [2.45, 2.75) is 32.4 Å². The molecule has 1 aliphatic rings. The predicted octanol–water partition coefficient (Wildman–Crippen LogP) is 2.98. The van der Waals surface area contributed by atoms with Crippen LogP contribution in [0.3, 0.4) is 0 Å². The van der Waals surface area contributed by atoms with Crippen LogP contribution in [0.5, 0.6) is 5.75 Å². The van der Waals surface area contributed by atoms with E-state index >= 15 is 0 Å². The van der Waals surface area contributed by atoms with Crippen LogP contribution in [0, 0.1) is 5.92 Å². The van der Waals surface area contributed by atoms with E-state index in [9.17, 15) is 23.2 Å². The Hall–Kier alpha value is -3.29. The summed E-state index contributed by atoms with van der Waals surface area (Å²) in [6.45, 7) is -1.10. The first kappa shape index (κ1) is 20.4. The first-order valence-corrected chi connectivity index (χ1v) is 9.10. The molecule has 2 unspecified atom stereocenters. The fraction of sp³-hybridized carbons (Fsp3) is 0.286. The van der Waals surface area contributed by atoms with Crippen LogP contribution in [0.1, 0.15) is 40.9 Å². The largest absolute Gasteiger partial charge is 0.435 e. The SMILES string of the molecule is CC(NC(=O)c1ccc(CC2CC(=O)NC2=O)cc1)c1ccc(OC(F)F)cc1. The molecule has 152 valence electrons. The minimum Gasteiger partial charge on any atom is -0.435 e. The monoisotopic (exact) mass is 402 g/mol. The lowest BCUT2D eigenvalue weighted by Gasteiger charge is -2.15. The number of benzene rings is 2. The van der Waals surface area contributed by atoms with Crippen molar-refractivity contribution < 1.29 is 27.9 Å². The zero-order valence-electron chi connectivity index (χ0n) is 15.7. The van der Waals surface area contributed by atoms with Crippen molar-refractivity contribution in [2.24, 2.45) is 5.92 Å². The van der Waals surface area contributed by atoms with Crippen molar-refractivity contribution in [3.8, 4) is 5.75 Å². The Labute approximate surface area is 166 Å². The molecule has 2 atom stereocenters. The maximum atomic E-state index is 12.4. The Balaban J connectivity index is 1.57. The summed E-state index contributed by atoms with van der Waals surface area (Å²) in [5, 5.41) is 5.12. The molecule has 8 heteroatoms. The summed E-state index contributed by atoms with van der Waals surface area (Å²) >= 11 is 0. The summed E-state index contributed by atoms with van der Waals surface area (Å²) in [5.41, 5.74) is 2.05. The van der Waals surface area contributed by atoms with Crippen LogP contribution in [0.25, 0.3) is 0 Å². The van der Waals surface area contributed by atoms with E-state index in [1.165, 1.54) is 12.1 Å². The quantitative estimate of drug-likeness (QED) is 0.698. The van der Waals surface area contributed by atoms with E-state index in [1.807, 2.05) is 0 Å². The molecule has 3 rings (SSSR count). The summed E-state index contributed by atoms with van der Waals surface area (Å²) in [6.07, 6.45) is 0.614. The van der Waals surface area contributed by atoms with E-state index in [0.29, 0.717) is 12.0 Å². The number of amides is 3. The third-order valence-electron chi connectivity index (χ3n) is 4.72. The third kappa shape index (κ3) is 5.37. The van der Waals surface area contributed by atoms with Gasteiger partial charge in [-0.15, -0.1) is 0 Å². The van der Waals surface area contributed by atoms with Crippen LogP contribution >= 0.6 is 0 Å². The van der Waals surface area contributed by atoms with E-state index in [1.54, 1.807) is 43.3 Å². The molecular formula is C21H20F2N2O4. The predicted molar refractivity (Wildman–Crippen MR) is 100 cm³/mol. The van der Waals surface area contributed by atoms with Gasteiger partial charge in [-0.25, -0.2) is 0 Å². The maximum absolute atomic E-state index is 12.4. The summed E-state index contributed by atoms with van der Waals surface area (Å²) < 4.78 is 28.7. The normalized spacial score (nSPS) is 17.2. The van der Waals surface area contributed by atoms with Gasteiger partial charge < -0.3 is 10.1 Å². The van der Waals surface area contributed by atoms with Crippen molar-refractivity contribution in [2.75, 3.05) is 0 Å². The van der Waals surface area contributed by atoms with E-state index in [2.05, 4.69) is 15.4 Å². The second-order valence-electron chi connectivity index (χ2n) is 6.86. The van der Waals surface area contributed by atoms with Crippen LogP contribution in [-0.2, 0) is 16.0 Å². The second kappa shape index (κ2) is 8.81. The lowest BCUT2D eigenvalue weighted by Crippen LogP contribution is -2.26. The minimum atomic E-state index is -2.88. The number of carbonyl (C=O) groups excluding carboxylic acids is 3. The first-order valence-electron chi connectivity index (χ1n) is 9.10. The Morgan fingerprint density at radius 2 is 1.79 bits per heavy atom.